The zero-order valence-electron chi connectivity index (χ0n) is 3.77. The van der Waals surface area contributed by atoms with E-state index in [-0.39, 0.29) is 0 Å². The molecule has 0 spiro atoms. The van der Waals surface area contributed by atoms with Gasteiger partial charge in [0, 0.05) is 0 Å². The topological polar surface area (TPSA) is 52.0 Å². The van der Waals surface area contributed by atoms with Crippen molar-refractivity contribution in [3.05, 3.63) is 0 Å². The minimum Gasteiger partial charge on any atom is -0.243 e. The maximum absolute atomic E-state index is 5.06. The van der Waals surface area contributed by atoms with Crippen molar-refractivity contribution in [2.45, 2.75) is 6.92 Å². The third-order valence-corrected chi connectivity index (χ3v) is 0.933. The second-order valence-corrected chi connectivity index (χ2v) is 2.17. The molecule has 0 radical (unpaired) electrons. The Morgan fingerprint density at radius 2 is 2.17 bits per heavy atom. The summed E-state index contributed by atoms with van der Waals surface area (Å²) in [6.07, 6.45) is 0. The van der Waals surface area contributed by atoms with Gasteiger partial charge >= 0.3 is 5.11 Å². The average Bonchev–Trinajstić information content (AvgIpc) is 1.35. The van der Waals surface area contributed by atoms with Crippen LogP contribution in [0.5, 0.6) is 0 Å². The summed E-state index contributed by atoms with van der Waals surface area (Å²) in [5.41, 5.74) is 10.1. The van der Waals surface area contributed by atoms with E-state index >= 15 is 0 Å². The van der Waals surface area contributed by atoms with Crippen LogP contribution >= 0.6 is 0 Å². The smallest absolute Gasteiger partial charge is 0.243 e. The van der Waals surface area contributed by atoms with Crippen molar-refractivity contribution in [3.8, 4) is 0 Å². The molecular weight excluding hydrogens is 96.1 g/mol. The van der Waals surface area contributed by atoms with E-state index < -0.39 is 0 Å². The maximum Gasteiger partial charge on any atom is 0.314 e. The van der Waals surface area contributed by atoms with Crippen molar-refractivity contribution in [1.29, 1.82) is 0 Å². The first-order valence-corrected chi connectivity index (χ1v) is 2.76. The van der Waals surface area contributed by atoms with Crippen LogP contribution in [0.4, 0.5) is 0 Å². The molecule has 3 heteroatoms. The van der Waals surface area contributed by atoms with Gasteiger partial charge in [-0.15, -0.1) is 0 Å². The lowest BCUT2D eigenvalue weighted by Crippen LogP contribution is -2.23. The number of nitrogens with two attached hydrogens (primary N) is 2. The van der Waals surface area contributed by atoms with Crippen LogP contribution in [0.2, 0.25) is 0 Å². The fourth-order valence-corrected chi connectivity index (χ4v) is 0.500. The third-order valence-electron chi connectivity index (χ3n) is 0.311. The molecule has 4 N–H and O–H groups in total. The minimum absolute atomic E-state index is 0.456. The van der Waals surface area contributed by atoms with Crippen molar-refractivity contribution in [2.75, 3.05) is 5.75 Å². The second kappa shape index (κ2) is 3.21. The first kappa shape index (κ1) is 6.01. The van der Waals surface area contributed by atoms with Gasteiger partial charge in [-0.05, 0) is 6.92 Å². The van der Waals surface area contributed by atoms with E-state index in [2.05, 4.69) is 0 Å². The van der Waals surface area contributed by atoms with Crippen LogP contribution in [0.3, 0.4) is 0 Å². The van der Waals surface area contributed by atoms with Gasteiger partial charge in [-0.2, -0.15) is 0 Å². The zero-order chi connectivity index (χ0) is 4.99. The van der Waals surface area contributed by atoms with Crippen LogP contribution in [0.25, 0.3) is 0 Å². The van der Waals surface area contributed by atoms with Gasteiger partial charge in [0.25, 0.3) is 0 Å². The van der Waals surface area contributed by atoms with Gasteiger partial charge in [-0.25, -0.2) is 11.5 Å². The standard InChI is InChI=1S/C3H9N2S/c1-2-6-3(4)5/h2,4-5H2,1H3/q+1. The summed E-state index contributed by atoms with van der Waals surface area (Å²) in [6.45, 7) is 2.00. The molecule has 0 bridgehead atoms. The molecule has 2 nitrogen and oxygen atoms in total. The second-order valence-electron chi connectivity index (χ2n) is 0.835. The zero-order valence-corrected chi connectivity index (χ0v) is 4.59. The van der Waals surface area contributed by atoms with E-state index in [0.29, 0.717) is 5.11 Å². The van der Waals surface area contributed by atoms with Crippen LogP contribution < -0.4 is 11.5 Å². The lowest BCUT2D eigenvalue weighted by atomic mass is 11.0. The molecule has 0 aliphatic rings. The molecule has 0 aromatic carbocycles. The van der Waals surface area contributed by atoms with E-state index in [1.807, 2.05) is 6.92 Å². The monoisotopic (exact) mass is 105 g/mol. The molecule has 0 saturated heterocycles. The molecule has 36 valence electrons. The fraction of sp³-hybridized carbons (Fsp3) is 0.667. The summed E-state index contributed by atoms with van der Waals surface area (Å²) in [4.78, 5) is 0. The van der Waals surface area contributed by atoms with Gasteiger partial charge in [0.1, 0.15) is 0 Å². The molecule has 0 atom stereocenters. The molecule has 0 saturated carbocycles. The summed E-state index contributed by atoms with van der Waals surface area (Å²) < 4.78 is 0. The van der Waals surface area contributed by atoms with Gasteiger partial charge in [0.2, 0.25) is 11.4 Å². The van der Waals surface area contributed by atoms with E-state index in [4.69, 9.17) is 11.5 Å². The first-order valence-electron chi connectivity index (χ1n) is 1.78. The highest BCUT2D eigenvalue weighted by atomic mass is 32.1. The van der Waals surface area contributed by atoms with Crippen LogP contribution in [0.1, 0.15) is 6.92 Å². The van der Waals surface area contributed by atoms with E-state index in [1.54, 1.807) is 0 Å². The van der Waals surface area contributed by atoms with Crippen molar-refractivity contribution in [3.63, 3.8) is 0 Å². The third kappa shape index (κ3) is 4.01. The molecule has 0 unspecified atom stereocenters. The van der Waals surface area contributed by atoms with E-state index in [1.165, 1.54) is 11.4 Å². The molecule has 6 heavy (non-hydrogen) atoms. The van der Waals surface area contributed by atoms with Crippen molar-refractivity contribution in [2.24, 2.45) is 11.5 Å². The molecular formula is C3H9N2S+. The number of rotatable bonds is 1. The minimum atomic E-state index is 0.456. The van der Waals surface area contributed by atoms with Gasteiger partial charge < -0.3 is 0 Å². The molecule has 0 fully saturated rings. The van der Waals surface area contributed by atoms with Crippen molar-refractivity contribution in [1.82, 2.24) is 0 Å². The first-order chi connectivity index (χ1) is 2.77. The Labute approximate surface area is 41.5 Å². The highest BCUT2D eigenvalue weighted by molar-refractivity contribution is 7.78. The number of hydrogen-bond donors (Lipinski definition) is 2. The summed E-state index contributed by atoms with van der Waals surface area (Å²) in [7, 11) is 0. The Hall–Kier alpha value is 0.0100. The van der Waals surface area contributed by atoms with E-state index in [0.717, 1.165) is 5.75 Å². The molecule has 0 rings (SSSR count). The highest BCUT2D eigenvalue weighted by Gasteiger charge is 1.88. The molecule has 0 aliphatic heterocycles. The molecule has 0 aliphatic carbocycles. The quantitative estimate of drug-likeness (QED) is 0.335. The lowest BCUT2D eigenvalue weighted by Gasteiger charge is -1.63. The SMILES string of the molecule is CC[S+]=C(N)N. The fourth-order valence-electron chi connectivity index (χ4n) is 0.167. The van der Waals surface area contributed by atoms with Crippen LogP contribution in [-0.2, 0) is 11.4 Å². The van der Waals surface area contributed by atoms with Crippen LogP contribution in [-0.4, -0.2) is 10.9 Å². The summed E-state index contributed by atoms with van der Waals surface area (Å²) >= 11 is 1.46. The molecule has 0 aromatic rings. The van der Waals surface area contributed by atoms with Crippen molar-refractivity contribution < 1.29 is 0 Å². The Morgan fingerprint density at radius 1 is 1.67 bits per heavy atom. The van der Waals surface area contributed by atoms with Crippen LogP contribution in [0, 0.1) is 0 Å². The van der Waals surface area contributed by atoms with Gasteiger partial charge in [-0.3, -0.25) is 0 Å². The summed E-state index contributed by atoms with van der Waals surface area (Å²) in [5.74, 6) is 0.961. The predicted molar refractivity (Wildman–Crippen MR) is 31.3 cm³/mol. The largest absolute Gasteiger partial charge is 0.314 e. The Balaban J connectivity index is 3.14. The van der Waals surface area contributed by atoms with Gasteiger partial charge in [0.15, 0.2) is 5.75 Å². The average molecular weight is 105 g/mol. The molecule has 0 amide bonds. The van der Waals surface area contributed by atoms with E-state index in [9.17, 15) is 0 Å². The predicted octanol–water partition coefficient (Wildman–Crippen LogP) is -0.906. The lowest BCUT2D eigenvalue weighted by molar-refractivity contribution is 1.53. The number of hydrogen-bond acceptors (Lipinski definition) is 0. The Bertz CT molecular complexity index is 55.8. The van der Waals surface area contributed by atoms with Gasteiger partial charge in [0.05, 0.1) is 0 Å². The Kier molecular flexibility index (Phi) is 3.21. The summed E-state index contributed by atoms with van der Waals surface area (Å²) in [5, 5.41) is 0.456. The van der Waals surface area contributed by atoms with Crippen LogP contribution in [0.15, 0.2) is 0 Å². The normalized spacial score (nSPS) is 7.83. The maximum atomic E-state index is 5.06. The van der Waals surface area contributed by atoms with Gasteiger partial charge in [-0.1, -0.05) is 0 Å². The highest BCUT2D eigenvalue weighted by Crippen LogP contribution is 1.51. The van der Waals surface area contributed by atoms with Crippen molar-refractivity contribution >= 4 is 16.5 Å². The Morgan fingerprint density at radius 3 is 2.17 bits per heavy atom. The summed E-state index contributed by atoms with van der Waals surface area (Å²) in [6, 6.07) is 0. The molecule has 0 heterocycles. The molecule has 0 aromatic heterocycles.